The second-order valence-electron chi connectivity index (χ2n) is 4.74. The van der Waals surface area contributed by atoms with E-state index < -0.39 is 5.54 Å². The van der Waals surface area contributed by atoms with Crippen molar-refractivity contribution in [1.82, 2.24) is 10.2 Å². The molecule has 1 heterocycles. The van der Waals surface area contributed by atoms with Crippen LogP contribution in [0.1, 0.15) is 27.2 Å². The number of aliphatic hydroxyl groups excluding tert-OH is 1. The lowest BCUT2D eigenvalue weighted by Gasteiger charge is -2.29. The number of hydrogen-bond donors (Lipinski definition) is 2. The molecule has 1 amide bonds. The zero-order valence-corrected chi connectivity index (χ0v) is 9.92. The molecule has 2 N–H and O–H groups in total. The van der Waals surface area contributed by atoms with Crippen LogP contribution < -0.4 is 5.32 Å². The third-order valence-electron chi connectivity index (χ3n) is 2.98. The van der Waals surface area contributed by atoms with Gasteiger partial charge in [-0.2, -0.15) is 0 Å². The molecule has 0 radical (unpaired) electrons. The van der Waals surface area contributed by atoms with E-state index in [-0.39, 0.29) is 18.4 Å². The molecule has 0 aliphatic carbocycles. The van der Waals surface area contributed by atoms with E-state index in [1.807, 2.05) is 25.7 Å². The van der Waals surface area contributed by atoms with Crippen molar-refractivity contribution in [2.75, 3.05) is 26.2 Å². The van der Waals surface area contributed by atoms with Crippen molar-refractivity contribution in [2.45, 2.75) is 32.7 Å². The molecule has 0 saturated carbocycles. The van der Waals surface area contributed by atoms with Gasteiger partial charge in [0.2, 0.25) is 5.91 Å². The second kappa shape index (κ2) is 4.94. The monoisotopic (exact) mass is 214 g/mol. The molecule has 88 valence electrons. The van der Waals surface area contributed by atoms with Gasteiger partial charge in [-0.1, -0.05) is 6.92 Å². The second-order valence-corrected chi connectivity index (χ2v) is 4.74. The fourth-order valence-corrected chi connectivity index (χ4v) is 2.08. The van der Waals surface area contributed by atoms with Crippen LogP contribution in [0.5, 0.6) is 0 Å². The van der Waals surface area contributed by atoms with Crippen molar-refractivity contribution in [3.8, 4) is 0 Å². The van der Waals surface area contributed by atoms with Crippen LogP contribution in [-0.2, 0) is 4.79 Å². The molecule has 1 aliphatic heterocycles. The molecule has 4 nitrogen and oxygen atoms in total. The van der Waals surface area contributed by atoms with Crippen LogP contribution in [0.25, 0.3) is 0 Å². The minimum absolute atomic E-state index is 0.139. The van der Waals surface area contributed by atoms with Crippen LogP contribution in [-0.4, -0.2) is 47.7 Å². The molecular formula is C11H22N2O2. The smallest absolute Gasteiger partial charge is 0.242 e. The topological polar surface area (TPSA) is 52.6 Å². The van der Waals surface area contributed by atoms with E-state index in [1.165, 1.54) is 0 Å². The lowest BCUT2D eigenvalue weighted by molar-refractivity contribution is -0.136. The standard InChI is InChI=1S/C11H22N2O2/c1-4-12-11(2,3)10(15)13-6-5-9(7-13)8-14/h9,12,14H,4-8H2,1-3H3. The minimum atomic E-state index is -0.487. The van der Waals surface area contributed by atoms with Gasteiger partial charge < -0.3 is 15.3 Å². The Morgan fingerprint density at radius 3 is 2.73 bits per heavy atom. The number of likely N-dealkylation sites (N-methyl/N-ethyl adjacent to an activating group) is 1. The van der Waals surface area contributed by atoms with Gasteiger partial charge in [-0.05, 0) is 26.8 Å². The molecular weight excluding hydrogens is 192 g/mol. The molecule has 0 aromatic rings. The lowest BCUT2D eigenvalue weighted by atomic mass is 10.0. The van der Waals surface area contributed by atoms with Gasteiger partial charge in [0, 0.05) is 25.6 Å². The number of nitrogens with one attached hydrogen (secondary N) is 1. The van der Waals surface area contributed by atoms with Gasteiger partial charge in [-0.25, -0.2) is 0 Å². The fraction of sp³-hybridized carbons (Fsp3) is 0.909. The summed E-state index contributed by atoms with van der Waals surface area (Å²) in [4.78, 5) is 14.0. The molecule has 0 bridgehead atoms. The van der Waals surface area contributed by atoms with Crippen molar-refractivity contribution in [3.05, 3.63) is 0 Å². The maximum absolute atomic E-state index is 12.1. The van der Waals surface area contributed by atoms with E-state index in [0.717, 1.165) is 19.5 Å². The predicted molar refractivity (Wildman–Crippen MR) is 59.5 cm³/mol. The first kappa shape index (κ1) is 12.5. The Labute approximate surface area is 91.6 Å². The molecule has 1 rings (SSSR count). The van der Waals surface area contributed by atoms with E-state index in [2.05, 4.69) is 5.32 Å². The summed E-state index contributed by atoms with van der Waals surface area (Å²) in [5.41, 5.74) is -0.487. The minimum Gasteiger partial charge on any atom is -0.396 e. The Balaban J connectivity index is 2.54. The molecule has 1 aliphatic rings. The Kier molecular flexibility index (Phi) is 4.11. The number of carbonyl (C=O) groups is 1. The van der Waals surface area contributed by atoms with E-state index in [4.69, 9.17) is 5.11 Å². The van der Waals surface area contributed by atoms with Crippen molar-refractivity contribution >= 4 is 5.91 Å². The normalized spacial score (nSPS) is 22.1. The Morgan fingerprint density at radius 1 is 1.60 bits per heavy atom. The first-order valence-corrected chi connectivity index (χ1v) is 5.66. The van der Waals surface area contributed by atoms with Gasteiger partial charge in [0.1, 0.15) is 0 Å². The molecule has 1 atom stereocenters. The van der Waals surface area contributed by atoms with Crippen LogP contribution in [0, 0.1) is 5.92 Å². The maximum Gasteiger partial charge on any atom is 0.242 e. The SMILES string of the molecule is CCNC(C)(C)C(=O)N1CCC(CO)C1. The number of likely N-dealkylation sites (tertiary alicyclic amines) is 1. The van der Waals surface area contributed by atoms with Gasteiger partial charge >= 0.3 is 0 Å². The maximum atomic E-state index is 12.1. The third kappa shape index (κ3) is 2.92. The summed E-state index contributed by atoms with van der Waals surface area (Å²) < 4.78 is 0. The van der Waals surface area contributed by atoms with Crippen molar-refractivity contribution < 1.29 is 9.90 Å². The highest BCUT2D eigenvalue weighted by atomic mass is 16.3. The quantitative estimate of drug-likeness (QED) is 0.703. The largest absolute Gasteiger partial charge is 0.396 e. The van der Waals surface area contributed by atoms with Crippen LogP contribution in [0.2, 0.25) is 0 Å². The number of amides is 1. The molecule has 15 heavy (non-hydrogen) atoms. The average Bonchev–Trinajstić information content (AvgIpc) is 2.64. The summed E-state index contributed by atoms with van der Waals surface area (Å²) in [7, 11) is 0. The van der Waals surface area contributed by atoms with Gasteiger partial charge in [0.25, 0.3) is 0 Å². The number of nitrogens with zero attached hydrogens (tertiary/aromatic N) is 1. The van der Waals surface area contributed by atoms with Gasteiger partial charge in [-0.3, -0.25) is 4.79 Å². The van der Waals surface area contributed by atoms with Gasteiger partial charge in [0.15, 0.2) is 0 Å². The number of aliphatic hydroxyl groups is 1. The first-order chi connectivity index (χ1) is 7.01. The predicted octanol–water partition coefficient (Wildman–Crippen LogP) is 0.215. The molecule has 1 unspecified atom stereocenters. The number of hydrogen-bond acceptors (Lipinski definition) is 3. The summed E-state index contributed by atoms with van der Waals surface area (Å²) in [6.45, 7) is 8.26. The van der Waals surface area contributed by atoms with E-state index in [0.29, 0.717) is 6.54 Å². The van der Waals surface area contributed by atoms with Crippen LogP contribution in [0.15, 0.2) is 0 Å². The van der Waals surface area contributed by atoms with E-state index in [9.17, 15) is 4.79 Å². The highest BCUT2D eigenvalue weighted by Gasteiger charge is 2.34. The Morgan fingerprint density at radius 2 is 2.27 bits per heavy atom. The Hall–Kier alpha value is -0.610. The number of rotatable bonds is 4. The van der Waals surface area contributed by atoms with E-state index in [1.54, 1.807) is 0 Å². The van der Waals surface area contributed by atoms with Crippen molar-refractivity contribution in [3.63, 3.8) is 0 Å². The molecule has 0 aromatic heterocycles. The van der Waals surface area contributed by atoms with Gasteiger partial charge in [0.05, 0.1) is 5.54 Å². The molecule has 4 heteroatoms. The van der Waals surface area contributed by atoms with Crippen LogP contribution >= 0.6 is 0 Å². The summed E-state index contributed by atoms with van der Waals surface area (Å²) in [5.74, 6) is 0.409. The lowest BCUT2D eigenvalue weighted by Crippen LogP contribution is -2.53. The van der Waals surface area contributed by atoms with Crippen molar-refractivity contribution in [2.24, 2.45) is 5.92 Å². The van der Waals surface area contributed by atoms with Crippen LogP contribution in [0.4, 0.5) is 0 Å². The molecule has 0 spiro atoms. The zero-order valence-electron chi connectivity index (χ0n) is 9.92. The summed E-state index contributed by atoms with van der Waals surface area (Å²) in [6.07, 6.45) is 0.921. The summed E-state index contributed by atoms with van der Waals surface area (Å²) in [6, 6.07) is 0. The van der Waals surface area contributed by atoms with Crippen LogP contribution in [0.3, 0.4) is 0 Å². The third-order valence-corrected chi connectivity index (χ3v) is 2.98. The zero-order chi connectivity index (χ0) is 11.5. The molecule has 0 aromatic carbocycles. The first-order valence-electron chi connectivity index (χ1n) is 5.66. The molecule has 1 saturated heterocycles. The molecule has 1 fully saturated rings. The Bertz CT molecular complexity index is 229. The fourth-order valence-electron chi connectivity index (χ4n) is 2.08. The average molecular weight is 214 g/mol. The van der Waals surface area contributed by atoms with Crippen molar-refractivity contribution in [1.29, 1.82) is 0 Å². The highest BCUT2D eigenvalue weighted by Crippen LogP contribution is 2.19. The number of carbonyl (C=O) groups excluding carboxylic acids is 1. The van der Waals surface area contributed by atoms with Gasteiger partial charge in [-0.15, -0.1) is 0 Å². The highest BCUT2D eigenvalue weighted by molar-refractivity contribution is 5.85. The summed E-state index contributed by atoms with van der Waals surface area (Å²) in [5, 5.41) is 12.2. The van der Waals surface area contributed by atoms with E-state index >= 15 is 0 Å². The summed E-state index contributed by atoms with van der Waals surface area (Å²) >= 11 is 0.